The third-order valence-corrected chi connectivity index (χ3v) is 7.13. The van der Waals surface area contributed by atoms with Gasteiger partial charge in [0.25, 0.3) is 0 Å². The molecule has 150 valence electrons. The second kappa shape index (κ2) is 9.51. The lowest BCUT2D eigenvalue weighted by Crippen LogP contribution is -2.10. The largest absolute Gasteiger partial charge is 0.256 e. The molecule has 0 N–H and O–H groups in total. The molecule has 0 bridgehead atoms. The molecule has 3 rings (SSSR count). The maximum Gasteiger partial charge on any atom is 0.0707 e. The highest BCUT2D eigenvalue weighted by Crippen LogP contribution is 2.28. The molecule has 2 heteroatoms. The van der Waals surface area contributed by atoms with Gasteiger partial charge in [-0.1, -0.05) is 90.9 Å². The lowest BCUT2D eigenvalue weighted by molar-refractivity contribution is 0.830. The van der Waals surface area contributed by atoms with Crippen molar-refractivity contribution in [1.82, 2.24) is 0 Å². The lowest BCUT2D eigenvalue weighted by atomic mass is 9.89. The van der Waals surface area contributed by atoms with Crippen LogP contribution in [0.3, 0.4) is 0 Å². The summed E-state index contributed by atoms with van der Waals surface area (Å²) in [4.78, 5) is 5.00. The Balaban J connectivity index is 2.02. The third-order valence-electron chi connectivity index (χ3n) is 5.40. The van der Waals surface area contributed by atoms with Crippen LogP contribution in [-0.2, 0) is 0 Å². The minimum absolute atomic E-state index is 0.474. The minimum Gasteiger partial charge on any atom is -0.256 e. The first kappa shape index (κ1) is 21.5. The number of hydrogen-bond acceptors (Lipinski definition) is 1. The highest BCUT2D eigenvalue weighted by Gasteiger charge is 2.12. The van der Waals surface area contributed by atoms with E-state index in [0.29, 0.717) is 20.4 Å². The van der Waals surface area contributed by atoms with Gasteiger partial charge in [0.1, 0.15) is 0 Å². The predicted octanol–water partition coefficient (Wildman–Crippen LogP) is 6.93. The highest BCUT2D eigenvalue weighted by atomic mass is 31.1. The van der Waals surface area contributed by atoms with Crippen LogP contribution in [-0.4, -0.2) is 6.21 Å². The second-order valence-corrected chi connectivity index (χ2v) is 9.62. The molecule has 0 amide bonds. The molecular formula is C27H32NP. The molecule has 0 aliphatic carbocycles. The van der Waals surface area contributed by atoms with E-state index in [1.165, 1.54) is 38.4 Å². The summed E-state index contributed by atoms with van der Waals surface area (Å²) in [6.07, 6.45) is 2.10. The topological polar surface area (TPSA) is 12.4 Å². The van der Waals surface area contributed by atoms with E-state index < -0.39 is 0 Å². The maximum atomic E-state index is 5.00. The Morgan fingerprint density at radius 3 is 1.86 bits per heavy atom. The number of rotatable bonds is 6. The molecule has 1 unspecified atom stereocenters. The number of benzene rings is 3. The van der Waals surface area contributed by atoms with Crippen LogP contribution in [0.4, 0.5) is 5.69 Å². The molecule has 0 aromatic heterocycles. The number of para-hydroxylation sites is 1. The minimum atomic E-state index is 0.474. The van der Waals surface area contributed by atoms with Crippen molar-refractivity contribution < 1.29 is 0 Å². The molecule has 0 saturated carbocycles. The molecule has 0 saturated heterocycles. The number of aliphatic imine (C=N–C) groups is 1. The van der Waals surface area contributed by atoms with Crippen molar-refractivity contribution >= 4 is 31.1 Å². The van der Waals surface area contributed by atoms with E-state index in [0.717, 1.165) is 5.69 Å². The van der Waals surface area contributed by atoms with Crippen LogP contribution in [0.5, 0.6) is 0 Å². The van der Waals surface area contributed by atoms with Gasteiger partial charge in [0.15, 0.2) is 0 Å². The van der Waals surface area contributed by atoms with Crippen LogP contribution in [0.1, 0.15) is 67.3 Å². The van der Waals surface area contributed by atoms with Gasteiger partial charge in [-0.3, -0.25) is 4.99 Å². The van der Waals surface area contributed by atoms with Crippen molar-refractivity contribution in [3.63, 3.8) is 0 Å². The van der Waals surface area contributed by atoms with E-state index in [-0.39, 0.29) is 0 Å². The van der Waals surface area contributed by atoms with E-state index >= 15 is 0 Å². The van der Waals surface area contributed by atoms with Crippen molar-refractivity contribution in [1.29, 1.82) is 0 Å². The van der Waals surface area contributed by atoms with Crippen LogP contribution in [0.25, 0.3) is 0 Å². The Bertz CT molecular complexity index is 968. The molecule has 0 spiro atoms. The van der Waals surface area contributed by atoms with E-state index in [9.17, 15) is 0 Å². The average molecular weight is 402 g/mol. The first-order chi connectivity index (χ1) is 13.9. The standard InChI is InChI=1S/C27H32NP/c1-18(2)22-13-10-14-23(19(3)4)24(22)17-28-25-15-7-8-16-26(25)29-27-20(5)11-9-12-21(27)6/h7-19,29H,1-6H3/b28-17+. The second-order valence-electron chi connectivity index (χ2n) is 8.33. The predicted molar refractivity (Wildman–Crippen MR) is 132 cm³/mol. The molecule has 29 heavy (non-hydrogen) atoms. The Kier molecular flexibility index (Phi) is 7.04. The van der Waals surface area contributed by atoms with E-state index in [2.05, 4.69) is 108 Å². The molecule has 3 aromatic rings. The van der Waals surface area contributed by atoms with Gasteiger partial charge in [-0.15, -0.1) is 0 Å². The van der Waals surface area contributed by atoms with Crippen molar-refractivity contribution in [3.05, 3.63) is 88.5 Å². The molecule has 0 aliphatic rings. The maximum absolute atomic E-state index is 5.00. The monoisotopic (exact) mass is 401 g/mol. The van der Waals surface area contributed by atoms with Crippen molar-refractivity contribution in [2.75, 3.05) is 0 Å². The number of nitrogens with zero attached hydrogens (tertiary/aromatic N) is 1. The summed E-state index contributed by atoms with van der Waals surface area (Å²) >= 11 is 0. The first-order valence-corrected chi connectivity index (χ1v) is 11.5. The Labute approximate surface area is 178 Å². The van der Waals surface area contributed by atoms with Gasteiger partial charge in [-0.25, -0.2) is 0 Å². The van der Waals surface area contributed by atoms with Crippen LogP contribution in [0, 0.1) is 13.8 Å². The number of aryl methyl sites for hydroxylation is 2. The highest BCUT2D eigenvalue weighted by molar-refractivity contribution is 7.56. The summed E-state index contributed by atoms with van der Waals surface area (Å²) in [6, 6.07) is 21.8. The van der Waals surface area contributed by atoms with E-state index in [4.69, 9.17) is 4.99 Å². The van der Waals surface area contributed by atoms with Crippen molar-refractivity contribution in [2.45, 2.75) is 53.4 Å². The van der Waals surface area contributed by atoms with Crippen molar-refractivity contribution in [3.8, 4) is 0 Å². The summed E-state index contributed by atoms with van der Waals surface area (Å²) in [7, 11) is 0.612. The van der Waals surface area contributed by atoms with Gasteiger partial charge in [-0.05, 0) is 64.9 Å². The molecule has 0 heterocycles. The molecule has 1 nitrogen and oxygen atoms in total. The zero-order chi connectivity index (χ0) is 21.0. The third kappa shape index (κ3) is 5.03. The first-order valence-electron chi connectivity index (χ1n) is 10.5. The lowest BCUT2D eigenvalue weighted by Gasteiger charge is -2.17. The Hall–Kier alpha value is -2.24. The van der Waals surface area contributed by atoms with Crippen LogP contribution < -0.4 is 10.6 Å². The van der Waals surface area contributed by atoms with Gasteiger partial charge in [0.05, 0.1) is 5.69 Å². The summed E-state index contributed by atoms with van der Waals surface area (Å²) in [5.74, 6) is 0.948. The van der Waals surface area contributed by atoms with Crippen LogP contribution in [0.15, 0.2) is 65.7 Å². The summed E-state index contributed by atoms with van der Waals surface area (Å²) in [5.41, 5.74) is 7.80. The quantitative estimate of drug-likeness (QED) is 0.314. The zero-order valence-electron chi connectivity index (χ0n) is 18.5. The molecule has 1 atom stereocenters. The van der Waals surface area contributed by atoms with Crippen LogP contribution in [0.2, 0.25) is 0 Å². The Morgan fingerprint density at radius 2 is 1.28 bits per heavy atom. The summed E-state index contributed by atoms with van der Waals surface area (Å²) in [5, 5.41) is 2.73. The van der Waals surface area contributed by atoms with Gasteiger partial charge < -0.3 is 0 Å². The number of hydrogen-bond donors (Lipinski definition) is 0. The fourth-order valence-electron chi connectivity index (χ4n) is 3.73. The fourth-order valence-corrected chi connectivity index (χ4v) is 5.02. The smallest absolute Gasteiger partial charge is 0.0707 e. The molecule has 3 aromatic carbocycles. The fraction of sp³-hybridized carbons (Fsp3) is 0.296. The van der Waals surface area contributed by atoms with Gasteiger partial charge in [0.2, 0.25) is 0 Å². The molecule has 0 fully saturated rings. The average Bonchev–Trinajstić information content (AvgIpc) is 2.69. The molecular weight excluding hydrogens is 369 g/mol. The van der Waals surface area contributed by atoms with Gasteiger partial charge in [0, 0.05) is 11.5 Å². The van der Waals surface area contributed by atoms with Gasteiger partial charge in [-0.2, -0.15) is 0 Å². The molecule has 0 aliphatic heterocycles. The van der Waals surface area contributed by atoms with Gasteiger partial charge >= 0.3 is 0 Å². The van der Waals surface area contributed by atoms with Crippen molar-refractivity contribution in [2.24, 2.45) is 4.99 Å². The normalized spacial score (nSPS) is 12.1. The molecule has 0 radical (unpaired) electrons. The van der Waals surface area contributed by atoms with E-state index in [1.807, 2.05) is 0 Å². The SMILES string of the molecule is Cc1cccc(C)c1Pc1ccccc1/N=C/c1c(C(C)C)cccc1C(C)C. The summed E-state index contributed by atoms with van der Waals surface area (Å²) in [6.45, 7) is 13.4. The zero-order valence-corrected chi connectivity index (χ0v) is 19.5. The van der Waals surface area contributed by atoms with E-state index in [1.54, 1.807) is 0 Å². The van der Waals surface area contributed by atoms with Crippen LogP contribution >= 0.6 is 8.58 Å². The Morgan fingerprint density at radius 1 is 0.724 bits per heavy atom. The summed E-state index contributed by atoms with van der Waals surface area (Å²) < 4.78 is 0.